The molecule has 0 atom stereocenters. The Morgan fingerprint density at radius 1 is 1.00 bits per heavy atom. The van der Waals surface area contributed by atoms with E-state index in [0.29, 0.717) is 22.6 Å². The van der Waals surface area contributed by atoms with Crippen LogP contribution in [0.25, 0.3) is 6.08 Å². The fourth-order valence-electron chi connectivity index (χ4n) is 3.26. The van der Waals surface area contributed by atoms with Crippen molar-refractivity contribution in [2.45, 2.75) is 13.2 Å². The maximum Gasteiger partial charge on any atom is 0.293 e. The molecule has 0 spiro atoms. The Morgan fingerprint density at radius 2 is 1.68 bits per heavy atom. The number of thioether (sulfide) groups is 1. The number of hydrogen-bond donors (Lipinski definition) is 0. The van der Waals surface area contributed by atoms with Gasteiger partial charge in [-0.3, -0.25) is 14.5 Å². The average molecular weight is 804 g/mol. The maximum atomic E-state index is 12.9. The summed E-state index contributed by atoms with van der Waals surface area (Å²) in [6.07, 6.45) is 1.73. The summed E-state index contributed by atoms with van der Waals surface area (Å²) in [4.78, 5) is 27.0. The molecule has 1 aliphatic rings. The molecule has 1 saturated heterocycles. The first-order chi connectivity index (χ1) is 16.4. The minimum Gasteiger partial charge on any atom is -0.487 e. The number of imide groups is 1. The minimum absolute atomic E-state index is 0.0755. The van der Waals surface area contributed by atoms with Gasteiger partial charge in [-0.25, -0.2) is 0 Å². The number of amides is 2. The largest absolute Gasteiger partial charge is 0.487 e. The topological polar surface area (TPSA) is 70.4 Å². The van der Waals surface area contributed by atoms with Gasteiger partial charge in [-0.2, -0.15) is 5.26 Å². The van der Waals surface area contributed by atoms with Crippen molar-refractivity contribution in [1.82, 2.24) is 4.90 Å². The van der Waals surface area contributed by atoms with E-state index in [0.717, 1.165) is 35.8 Å². The third-order valence-electron chi connectivity index (χ3n) is 4.95. The molecule has 0 saturated carbocycles. The van der Waals surface area contributed by atoms with Crippen molar-refractivity contribution in [3.8, 4) is 11.8 Å². The third-order valence-corrected chi connectivity index (χ3v) is 8.18. The fraction of sp³-hybridized carbons (Fsp3) is 0.0800. The van der Waals surface area contributed by atoms with Crippen LogP contribution in [0, 0.1) is 22.0 Å². The lowest BCUT2D eigenvalue weighted by molar-refractivity contribution is -0.123. The summed E-state index contributed by atoms with van der Waals surface area (Å²) >= 11 is 7.63. The van der Waals surface area contributed by atoms with Gasteiger partial charge in [0.1, 0.15) is 12.4 Å². The van der Waals surface area contributed by atoms with Crippen LogP contribution in [0.4, 0.5) is 4.79 Å². The van der Waals surface area contributed by atoms with Crippen LogP contribution in [0.2, 0.25) is 0 Å². The molecule has 1 fully saturated rings. The number of benzene rings is 3. The van der Waals surface area contributed by atoms with E-state index in [4.69, 9.17) is 4.74 Å². The van der Waals surface area contributed by atoms with Crippen molar-refractivity contribution >= 4 is 96.8 Å². The van der Waals surface area contributed by atoms with Crippen molar-refractivity contribution in [2.75, 3.05) is 0 Å². The lowest BCUT2D eigenvalue weighted by atomic mass is 10.1. The average Bonchev–Trinajstić information content (AvgIpc) is 3.07. The summed E-state index contributed by atoms with van der Waals surface area (Å²) in [6.45, 7) is 0.539. The van der Waals surface area contributed by atoms with Crippen LogP contribution in [0.5, 0.6) is 5.75 Å². The molecule has 170 valence electrons. The lowest BCUT2D eigenvalue weighted by Gasteiger charge is -2.13. The molecule has 0 N–H and O–H groups in total. The fourth-order valence-corrected chi connectivity index (χ4v) is 6.59. The van der Waals surface area contributed by atoms with Gasteiger partial charge in [0.25, 0.3) is 11.1 Å². The molecule has 9 heteroatoms. The van der Waals surface area contributed by atoms with E-state index in [1.807, 2.05) is 36.4 Å². The molecule has 1 heterocycles. The highest BCUT2D eigenvalue weighted by Crippen LogP contribution is 2.36. The summed E-state index contributed by atoms with van der Waals surface area (Å²) in [7, 11) is 0. The highest BCUT2D eigenvalue weighted by molar-refractivity contribution is 14.1. The second kappa shape index (κ2) is 11.4. The minimum atomic E-state index is -0.355. The number of carbonyl (C=O) groups is 2. The van der Waals surface area contributed by atoms with E-state index in [1.165, 1.54) is 8.47 Å². The van der Waals surface area contributed by atoms with Crippen LogP contribution >= 0.6 is 79.5 Å². The quantitative estimate of drug-likeness (QED) is 0.195. The molecule has 3 aromatic rings. The van der Waals surface area contributed by atoms with E-state index in [9.17, 15) is 14.9 Å². The first kappa shape index (κ1) is 25.5. The van der Waals surface area contributed by atoms with Crippen molar-refractivity contribution in [3.63, 3.8) is 0 Å². The molecule has 0 aromatic heterocycles. The summed E-state index contributed by atoms with van der Waals surface area (Å²) in [5.74, 6) is 0.435. The number of nitriles is 1. The number of hydrogen-bond acceptors (Lipinski definition) is 5. The molecule has 5 nitrogen and oxygen atoms in total. The lowest BCUT2D eigenvalue weighted by Crippen LogP contribution is -2.27. The van der Waals surface area contributed by atoms with Gasteiger partial charge < -0.3 is 4.74 Å². The smallest absolute Gasteiger partial charge is 0.293 e. The van der Waals surface area contributed by atoms with Crippen LogP contribution in [0.15, 0.2) is 65.6 Å². The third kappa shape index (κ3) is 5.95. The highest BCUT2D eigenvalue weighted by Gasteiger charge is 2.35. The first-order valence-electron chi connectivity index (χ1n) is 9.95. The van der Waals surface area contributed by atoms with Crippen LogP contribution in [0.3, 0.4) is 0 Å². The van der Waals surface area contributed by atoms with Crippen LogP contribution in [0.1, 0.15) is 22.3 Å². The molecule has 0 aliphatic carbocycles. The predicted octanol–water partition coefficient (Wildman–Crippen LogP) is 7.19. The molecule has 3 aromatic carbocycles. The van der Waals surface area contributed by atoms with E-state index in [1.54, 1.807) is 30.3 Å². The molecule has 0 unspecified atom stereocenters. The van der Waals surface area contributed by atoms with Gasteiger partial charge in [0.05, 0.1) is 30.2 Å². The van der Waals surface area contributed by atoms with Crippen LogP contribution in [-0.2, 0) is 17.9 Å². The van der Waals surface area contributed by atoms with E-state index in [-0.39, 0.29) is 17.7 Å². The number of halogens is 3. The zero-order valence-electron chi connectivity index (χ0n) is 17.4. The summed E-state index contributed by atoms with van der Waals surface area (Å²) in [5, 5.41) is 8.95. The molecular formula is C25H15I3N2O3S. The summed E-state index contributed by atoms with van der Waals surface area (Å²) in [6, 6.07) is 21.1. The molecule has 0 bridgehead atoms. The Labute approximate surface area is 242 Å². The van der Waals surface area contributed by atoms with Gasteiger partial charge in [-0.1, -0.05) is 30.3 Å². The predicted molar refractivity (Wildman–Crippen MR) is 158 cm³/mol. The van der Waals surface area contributed by atoms with E-state index >= 15 is 0 Å². The molecular weight excluding hydrogens is 789 g/mol. The Morgan fingerprint density at radius 3 is 2.35 bits per heavy atom. The van der Waals surface area contributed by atoms with Crippen LogP contribution < -0.4 is 4.74 Å². The SMILES string of the molecule is N#Cc1ccccc1CN1C(=O)S/C(=C/c2cc(I)c(OCc3ccc(I)cc3)c(I)c2)C1=O. The number of ether oxygens (including phenoxy) is 1. The zero-order valence-corrected chi connectivity index (χ0v) is 24.7. The second-order valence-corrected chi connectivity index (χ2v) is 11.8. The monoisotopic (exact) mass is 804 g/mol. The van der Waals surface area contributed by atoms with Gasteiger partial charge in [0.2, 0.25) is 0 Å². The number of nitrogens with zero attached hydrogens (tertiary/aromatic N) is 2. The highest BCUT2D eigenvalue weighted by atomic mass is 127. The van der Waals surface area contributed by atoms with E-state index in [2.05, 4.69) is 73.8 Å². The van der Waals surface area contributed by atoms with Crippen LogP contribution in [-0.4, -0.2) is 16.0 Å². The van der Waals surface area contributed by atoms with E-state index < -0.39 is 0 Å². The van der Waals surface area contributed by atoms with Crippen molar-refractivity contribution in [3.05, 3.63) is 98.5 Å². The van der Waals surface area contributed by atoms with Gasteiger partial charge in [0.15, 0.2) is 0 Å². The second-order valence-electron chi connectivity index (χ2n) is 7.27. The number of rotatable bonds is 6. The molecule has 0 radical (unpaired) electrons. The van der Waals surface area contributed by atoms with Gasteiger partial charge in [0, 0.05) is 3.57 Å². The molecule has 34 heavy (non-hydrogen) atoms. The first-order valence-corrected chi connectivity index (χ1v) is 14.0. The Kier molecular flexibility index (Phi) is 8.54. The van der Waals surface area contributed by atoms with Crippen molar-refractivity contribution < 1.29 is 14.3 Å². The molecule has 2 amide bonds. The summed E-state index contributed by atoms with van der Waals surface area (Å²) < 4.78 is 9.08. The standard InChI is InChI=1S/C25H15I3N2O3S/c26-19-7-5-15(6-8-19)14-33-23-20(27)9-16(10-21(23)28)11-22-24(31)30(25(32)34-22)13-18-4-2-1-3-17(18)12-29/h1-11H,13-14H2/b22-11+. The van der Waals surface area contributed by atoms with Gasteiger partial charge >= 0.3 is 0 Å². The Bertz CT molecular complexity index is 1330. The molecule has 1 aliphatic heterocycles. The number of carbonyl (C=O) groups excluding carboxylic acids is 2. The Hall–Kier alpha value is -1.63. The normalized spacial score (nSPS) is 14.5. The Balaban J connectivity index is 1.51. The molecule has 4 rings (SSSR count). The van der Waals surface area contributed by atoms with Gasteiger partial charge in [-0.05, 0) is 133 Å². The van der Waals surface area contributed by atoms with Crippen molar-refractivity contribution in [2.24, 2.45) is 0 Å². The maximum absolute atomic E-state index is 12.9. The summed E-state index contributed by atoms with van der Waals surface area (Å²) in [5.41, 5.74) is 3.00. The zero-order chi connectivity index (χ0) is 24.2. The van der Waals surface area contributed by atoms with Crippen molar-refractivity contribution in [1.29, 1.82) is 5.26 Å². The van der Waals surface area contributed by atoms with Gasteiger partial charge in [-0.15, -0.1) is 0 Å².